The number of rotatable bonds is 2. The average Bonchev–Trinajstić information content (AvgIpc) is 2.56. The van der Waals surface area contributed by atoms with E-state index < -0.39 is 0 Å². The standard InChI is InChI=1S/C9H12BrN3O/c10-6-2-1-3-12-9(6)13-8-5-14-4-7(8)11/h1-3,7-8H,4-5,11H2,(H,12,13). The molecular formula is C9H12BrN3O. The zero-order chi connectivity index (χ0) is 9.97. The molecule has 0 aromatic carbocycles. The molecule has 0 saturated carbocycles. The monoisotopic (exact) mass is 257 g/mol. The summed E-state index contributed by atoms with van der Waals surface area (Å²) in [5.74, 6) is 0.818. The Bertz CT molecular complexity index is 321. The molecule has 1 fully saturated rings. The Hall–Kier alpha value is -0.650. The maximum atomic E-state index is 5.85. The lowest BCUT2D eigenvalue weighted by Crippen LogP contribution is -2.39. The minimum Gasteiger partial charge on any atom is -0.378 e. The van der Waals surface area contributed by atoms with Crippen molar-refractivity contribution in [3.05, 3.63) is 22.8 Å². The smallest absolute Gasteiger partial charge is 0.140 e. The van der Waals surface area contributed by atoms with Gasteiger partial charge in [-0.2, -0.15) is 0 Å². The summed E-state index contributed by atoms with van der Waals surface area (Å²) in [6, 6.07) is 4.02. The van der Waals surface area contributed by atoms with Crippen LogP contribution in [0.3, 0.4) is 0 Å². The normalized spacial score (nSPS) is 26.4. The average molecular weight is 258 g/mol. The molecule has 76 valence electrons. The van der Waals surface area contributed by atoms with Crippen LogP contribution in [-0.2, 0) is 4.74 Å². The van der Waals surface area contributed by atoms with Crippen LogP contribution in [0.15, 0.2) is 22.8 Å². The molecule has 4 nitrogen and oxygen atoms in total. The van der Waals surface area contributed by atoms with Crippen LogP contribution in [0.1, 0.15) is 0 Å². The van der Waals surface area contributed by atoms with Crippen molar-refractivity contribution in [1.29, 1.82) is 0 Å². The molecule has 2 heterocycles. The molecule has 0 amide bonds. The van der Waals surface area contributed by atoms with Gasteiger partial charge in [-0.3, -0.25) is 0 Å². The Morgan fingerprint density at radius 1 is 1.57 bits per heavy atom. The Morgan fingerprint density at radius 3 is 3.07 bits per heavy atom. The van der Waals surface area contributed by atoms with E-state index in [9.17, 15) is 0 Å². The van der Waals surface area contributed by atoms with Crippen LogP contribution >= 0.6 is 15.9 Å². The van der Waals surface area contributed by atoms with Crippen LogP contribution in [-0.4, -0.2) is 30.3 Å². The molecule has 0 bridgehead atoms. The summed E-state index contributed by atoms with van der Waals surface area (Å²) in [5, 5.41) is 3.25. The van der Waals surface area contributed by atoms with Crippen LogP contribution < -0.4 is 11.1 Å². The van der Waals surface area contributed by atoms with Gasteiger partial charge in [-0.05, 0) is 28.1 Å². The minimum atomic E-state index is 0.0453. The minimum absolute atomic E-state index is 0.0453. The number of anilines is 1. The zero-order valence-corrected chi connectivity index (χ0v) is 9.20. The van der Waals surface area contributed by atoms with Crippen molar-refractivity contribution in [1.82, 2.24) is 4.98 Å². The van der Waals surface area contributed by atoms with Gasteiger partial charge in [0.15, 0.2) is 0 Å². The highest BCUT2D eigenvalue weighted by Crippen LogP contribution is 2.20. The largest absolute Gasteiger partial charge is 0.378 e. The first-order valence-corrected chi connectivity index (χ1v) is 5.27. The molecule has 1 aromatic heterocycles. The highest BCUT2D eigenvalue weighted by molar-refractivity contribution is 9.10. The summed E-state index contributed by atoms with van der Waals surface area (Å²) < 4.78 is 6.19. The van der Waals surface area contributed by atoms with Crippen molar-refractivity contribution in [3.63, 3.8) is 0 Å². The van der Waals surface area contributed by atoms with Gasteiger partial charge in [0, 0.05) is 6.20 Å². The number of pyridine rings is 1. The Labute approximate surface area is 91.0 Å². The van der Waals surface area contributed by atoms with Crippen molar-refractivity contribution in [2.75, 3.05) is 18.5 Å². The van der Waals surface area contributed by atoms with Gasteiger partial charge in [0.2, 0.25) is 0 Å². The van der Waals surface area contributed by atoms with E-state index in [4.69, 9.17) is 10.5 Å². The first-order chi connectivity index (χ1) is 6.77. The molecule has 0 radical (unpaired) electrons. The summed E-state index contributed by atoms with van der Waals surface area (Å²) in [6.07, 6.45) is 1.74. The van der Waals surface area contributed by atoms with E-state index in [0.717, 1.165) is 10.3 Å². The number of halogens is 1. The van der Waals surface area contributed by atoms with E-state index in [2.05, 4.69) is 26.2 Å². The Kier molecular flexibility index (Phi) is 3.00. The van der Waals surface area contributed by atoms with E-state index in [1.807, 2.05) is 12.1 Å². The van der Waals surface area contributed by atoms with Crippen molar-refractivity contribution >= 4 is 21.7 Å². The molecule has 2 unspecified atom stereocenters. The quantitative estimate of drug-likeness (QED) is 0.830. The molecule has 2 rings (SSSR count). The summed E-state index contributed by atoms with van der Waals surface area (Å²) in [7, 11) is 0. The summed E-state index contributed by atoms with van der Waals surface area (Å²) in [6.45, 7) is 1.26. The topological polar surface area (TPSA) is 60.2 Å². The zero-order valence-electron chi connectivity index (χ0n) is 7.61. The fourth-order valence-electron chi connectivity index (χ4n) is 1.39. The van der Waals surface area contributed by atoms with Gasteiger partial charge >= 0.3 is 0 Å². The second-order valence-electron chi connectivity index (χ2n) is 3.29. The Morgan fingerprint density at radius 2 is 2.43 bits per heavy atom. The second kappa shape index (κ2) is 4.25. The fraction of sp³-hybridized carbons (Fsp3) is 0.444. The molecule has 3 N–H and O–H groups in total. The van der Waals surface area contributed by atoms with E-state index in [-0.39, 0.29) is 12.1 Å². The first kappa shape index (κ1) is 9.89. The van der Waals surface area contributed by atoms with Gasteiger partial charge in [0.25, 0.3) is 0 Å². The van der Waals surface area contributed by atoms with Gasteiger partial charge in [0.05, 0.1) is 29.8 Å². The molecule has 14 heavy (non-hydrogen) atoms. The number of hydrogen-bond acceptors (Lipinski definition) is 4. The maximum absolute atomic E-state index is 5.85. The Balaban J connectivity index is 2.07. The third-order valence-electron chi connectivity index (χ3n) is 2.21. The van der Waals surface area contributed by atoms with Crippen molar-refractivity contribution in [2.24, 2.45) is 5.73 Å². The van der Waals surface area contributed by atoms with Crippen LogP contribution in [0.25, 0.3) is 0 Å². The number of aromatic nitrogens is 1. The molecule has 1 saturated heterocycles. The molecule has 1 aliphatic heterocycles. The van der Waals surface area contributed by atoms with Gasteiger partial charge in [-0.25, -0.2) is 4.98 Å². The van der Waals surface area contributed by atoms with Gasteiger partial charge < -0.3 is 15.8 Å². The van der Waals surface area contributed by atoms with Crippen molar-refractivity contribution < 1.29 is 4.74 Å². The van der Waals surface area contributed by atoms with Gasteiger partial charge in [-0.1, -0.05) is 0 Å². The predicted molar refractivity (Wildman–Crippen MR) is 58.1 cm³/mol. The van der Waals surface area contributed by atoms with E-state index in [0.29, 0.717) is 13.2 Å². The second-order valence-corrected chi connectivity index (χ2v) is 4.14. The lowest BCUT2D eigenvalue weighted by molar-refractivity contribution is 0.192. The molecule has 0 spiro atoms. The molecule has 5 heteroatoms. The SMILES string of the molecule is NC1COCC1Nc1ncccc1Br. The van der Waals surface area contributed by atoms with Gasteiger partial charge in [0.1, 0.15) is 5.82 Å². The highest BCUT2D eigenvalue weighted by Gasteiger charge is 2.25. The lowest BCUT2D eigenvalue weighted by Gasteiger charge is -2.16. The van der Waals surface area contributed by atoms with Crippen LogP contribution in [0.2, 0.25) is 0 Å². The number of hydrogen-bond donors (Lipinski definition) is 2. The van der Waals surface area contributed by atoms with E-state index >= 15 is 0 Å². The van der Waals surface area contributed by atoms with Crippen molar-refractivity contribution in [2.45, 2.75) is 12.1 Å². The summed E-state index contributed by atoms with van der Waals surface area (Å²) >= 11 is 3.42. The summed E-state index contributed by atoms with van der Waals surface area (Å²) in [5.41, 5.74) is 5.85. The molecule has 2 atom stereocenters. The molecule has 1 aliphatic rings. The maximum Gasteiger partial charge on any atom is 0.140 e. The number of nitrogens with two attached hydrogens (primary N) is 1. The number of nitrogens with one attached hydrogen (secondary N) is 1. The van der Waals surface area contributed by atoms with Crippen LogP contribution in [0.5, 0.6) is 0 Å². The molecule has 0 aliphatic carbocycles. The van der Waals surface area contributed by atoms with E-state index in [1.54, 1.807) is 6.20 Å². The van der Waals surface area contributed by atoms with Crippen LogP contribution in [0.4, 0.5) is 5.82 Å². The third-order valence-corrected chi connectivity index (χ3v) is 2.85. The first-order valence-electron chi connectivity index (χ1n) is 4.48. The third kappa shape index (κ3) is 2.05. The molecule has 1 aromatic rings. The van der Waals surface area contributed by atoms with Gasteiger partial charge in [-0.15, -0.1) is 0 Å². The van der Waals surface area contributed by atoms with Crippen molar-refractivity contribution in [3.8, 4) is 0 Å². The summed E-state index contributed by atoms with van der Waals surface area (Å²) in [4.78, 5) is 4.21. The number of nitrogens with zero attached hydrogens (tertiary/aromatic N) is 1. The van der Waals surface area contributed by atoms with E-state index in [1.165, 1.54) is 0 Å². The van der Waals surface area contributed by atoms with Crippen LogP contribution in [0, 0.1) is 0 Å². The lowest BCUT2D eigenvalue weighted by atomic mass is 10.2. The predicted octanol–water partition coefficient (Wildman–Crippen LogP) is 0.982. The number of ether oxygens (including phenoxy) is 1. The molecular weight excluding hydrogens is 246 g/mol. The fourth-order valence-corrected chi connectivity index (χ4v) is 1.76. The highest BCUT2D eigenvalue weighted by atomic mass is 79.9.